The van der Waals surface area contributed by atoms with Gasteiger partial charge in [-0.2, -0.15) is 0 Å². The van der Waals surface area contributed by atoms with E-state index in [0.717, 1.165) is 17.2 Å². The number of hydrogen-bond acceptors (Lipinski definition) is 4. The van der Waals surface area contributed by atoms with Crippen molar-refractivity contribution >= 4 is 11.6 Å². The van der Waals surface area contributed by atoms with Gasteiger partial charge >= 0.3 is 0 Å². The Morgan fingerprint density at radius 2 is 1.88 bits per heavy atom. The maximum absolute atomic E-state index is 5.97. The molecule has 2 aliphatic carbocycles. The van der Waals surface area contributed by atoms with Gasteiger partial charge in [0.15, 0.2) is 0 Å². The molecule has 2 aliphatic rings. The van der Waals surface area contributed by atoms with Crippen LogP contribution in [0.25, 0.3) is 0 Å². The van der Waals surface area contributed by atoms with Crippen molar-refractivity contribution in [2.24, 2.45) is 0 Å². The number of rotatable bonds is 3. The van der Waals surface area contributed by atoms with Gasteiger partial charge in [-0.3, -0.25) is 0 Å². The molecular weight excluding hydrogens is 200 g/mol. The van der Waals surface area contributed by atoms with E-state index >= 15 is 0 Å². The molecule has 86 valence electrons. The van der Waals surface area contributed by atoms with Gasteiger partial charge in [0, 0.05) is 24.6 Å². The van der Waals surface area contributed by atoms with Crippen LogP contribution >= 0.6 is 0 Å². The van der Waals surface area contributed by atoms with E-state index in [2.05, 4.69) is 16.9 Å². The highest BCUT2D eigenvalue weighted by atomic mass is 15.2. The Labute approximate surface area is 95.9 Å². The molecule has 1 aromatic rings. The Balaban J connectivity index is 1.99. The van der Waals surface area contributed by atoms with Crippen molar-refractivity contribution < 1.29 is 0 Å². The van der Waals surface area contributed by atoms with Gasteiger partial charge in [-0.05, 0) is 32.6 Å². The number of nitrogens with two attached hydrogens (primary N) is 1. The monoisotopic (exact) mass is 218 g/mol. The van der Waals surface area contributed by atoms with Gasteiger partial charge in [-0.25, -0.2) is 9.97 Å². The second kappa shape index (κ2) is 3.34. The summed E-state index contributed by atoms with van der Waals surface area (Å²) in [6.07, 6.45) is 4.99. The summed E-state index contributed by atoms with van der Waals surface area (Å²) in [5.74, 6) is 3.20. The average Bonchev–Trinajstić information content (AvgIpc) is 3.14. The Bertz CT molecular complexity index is 421. The molecule has 0 unspecified atom stereocenters. The maximum Gasteiger partial charge on any atom is 0.137 e. The van der Waals surface area contributed by atoms with E-state index in [4.69, 9.17) is 10.7 Å². The second-order valence-corrected chi connectivity index (χ2v) is 5.03. The normalized spacial score (nSPS) is 19.9. The van der Waals surface area contributed by atoms with Crippen LogP contribution in [0.15, 0.2) is 0 Å². The van der Waals surface area contributed by atoms with E-state index in [9.17, 15) is 0 Å². The van der Waals surface area contributed by atoms with E-state index in [1.165, 1.54) is 25.7 Å². The summed E-state index contributed by atoms with van der Waals surface area (Å²) < 4.78 is 0. The van der Waals surface area contributed by atoms with E-state index in [0.29, 0.717) is 17.8 Å². The van der Waals surface area contributed by atoms with Crippen molar-refractivity contribution in [2.45, 2.75) is 44.6 Å². The molecule has 16 heavy (non-hydrogen) atoms. The minimum absolute atomic E-state index is 0.564. The SMILES string of the molecule is Cc1c(N)nc(C2CC2)nc1N(C)C1CC1. The van der Waals surface area contributed by atoms with Gasteiger partial charge in [-0.1, -0.05) is 0 Å². The van der Waals surface area contributed by atoms with Crippen molar-refractivity contribution in [1.82, 2.24) is 9.97 Å². The quantitative estimate of drug-likeness (QED) is 0.841. The first-order valence-electron chi connectivity index (χ1n) is 6.03. The van der Waals surface area contributed by atoms with Gasteiger partial charge in [-0.15, -0.1) is 0 Å². The molecule has 0 bridgehead atoms. The topological polar surface area (TPSA) is 55.0 Å². The van der Waals surface area contributed by atoms with Gasteiger partial charge in [0.25, 0.3) is 0 Å². The van der Waals surface area contributed by atoms with Crippen LogP contribution in [0, 0.1) is 6.92 Å². The zero-order valence-corrected chi connectivity index (χ0v) is 9.90. The Kier molecular flexibility index (Phi) is 2.06. The molecule has 1 aromatic heterocycles. The van der Waals surface area contributed by atoms with E-state index in [-0.39, 0.29) is 0 Å². The molecule has 4 heteroatoms. The number of nitrogens with zero attached hydrogens (tertiary/aromatic N) is 3. The summed E-state index contributed by atoms with van der Waals surface area (Å²) in [4.78, 5) is 11.4. The lowest BCUT2D eigenvalue weighted by Crippen LogP contribution is -2.23. The fraction of sp³-hybridized carbons (Fsp3) is 0.667. The average molecular weight is 218 g/mol. The van der Waals surface area contributed by atoms with E-state index < -0.39 is 0 Å². The molecule has 2 fully saturated rings. The maximum atomic E-state index is 5.97. The smallest absolute Gasteiger partial charge is 0.137 e. The first kappa shape index (κ1) is 9.87. The van der Waals surface area contributed by atoms with E-state index in [1.54, 1.807) is 0 Å². The van der Waals surface area contributed by atoms with Crippen molar-refractivity contribution in [1.29, 1.82) is 0 Å². The second-order valence-electron chi connectivity index (χ2n) is 5.03. The van der Waals surface area contributed by atoms with Crippen LogP contribution in [-0.2, 0) is 0 Å². The fourth-order valence-corrected chi connectivity index (χ4v) is 2.04. The summed E-state index contributed by atoms with van der Waals surface area (Å²) >= 11 is 0. The predicted molar refractivity (Wildman–Crippen MR) is 64.6 cm³/mol. The Morgan fingerprint density at radius 3 is 2.44 bits per heavy atom. The first-order chi connectivity index (χ1) is 7.66. The molecule has 0 saturated heterocycles. The molecular formula is C12H18N4. The highest BCUT2D eigenvalue weighted by molar-refractivity contribution is 5.57. The molecule has 3 rings (SSSR count). The first-order valence-corrected chi connectivity index (χ1v) is 6.03. The summed E-state index contributed by atoms with van der Waals surface area (Å²) in [7, 11) is 2.11. The number of nitrogen functional groups attached to an aromatic ring is 1. The molecule has 1 heterocycles. The lowest BCUT2D eigenvalue weighted by Gasteiger charge is -2.21. The van der Waals surface area contributed by atoms with Crippen LogP contribution < -0.4 is 10.6 Å². The molecule has 0 aromatic carbocycles. The number of anilines is 2. The summed E-state index contributed by atoms with van der Waals surface area (Å²) in [5, 5.41) is 0. The molecule has 0 spiro atoms. The standard InChI is InChI=1S/C12H18N4/c1-7-10(13)14-11(8-3-4-8)15-12(7)16(2)9-5-6-9/h8-9H,3-6H2,1-2H3,(H2,13,14,15). The zero-order chi connectivity index (χ0) is 11.3. The molecule has 0 radical (unpaired) electrons. The van der Waals surface area contributed by atoms with Gasteiger partial charge in [0.05, 0.1) is 0 Å². The van der Waals surface area contributed by atoms with Crippen molar-refractivity contribution in [3.8, 4) is 0 Å². The van der Waals surface area contributed by atoms with Crippen LogP contribution in [0.1, 0.15) is 43.0 Å². The Morgan fingerprint density at radius 1 is 1.19 bits per heavy atom. The lowest BCUT2D eigenvalue weighted by atomic mass is 10.2. The highest BCUT2D eigenvalue weighted by Crippen LogP contribution is 2.40. The van der Waals surface area contributed by atoms with E-state index in [1.807, 2.05) is 6.92 Å². The van der Waals surface area contributed by atoms with Crippen molar-refractivity contribution in [3.05, 3.63) is 11.4 Å². The molecule has 2 saturated carbocycles. The third kappa shape index (κ3) is 1.62. The largest absolute Gasteiger partial charge is 0.383 e. The van der Waals surface area contributed by atoms with Gasteiger partial charge in [0.2, 0.25) is 0 Å². The Hall–Kier alpha value is -1.32. The van der Waals surface area contributed by atoms with Crippen LogP contribution in [0.5, 0.6) is 0 Å². The van der Waals surface area contributed by atoms with Crippen LogP contribution in [0.2, 0.25) is 0 Å². The zero-order valence-electron chi connectivity index (χ0n) is 9.90. The molecule has 2 N–H and O–H groups in total. The third-order valence-electron chi connectivity index (χ3n) is 3.55. The van der Waals surface area contributed by atoms with Crippen LogP contribution in [0.4, 0.5) is 11.6 Å². The third-order valence-corrected chi connectivity index (χ3v) is 3.55. The number of aromatic nitrogens is 2. The van der Waals surface area contributed by atoms with Gasteiger partial charge < -0.3 is 10.6 Å². The lowest BCUT2D eigenvalue weighted by molar-refractivity contribution is 0.844. The number of hydrogen-bond donors (Lipinski definition) is 1. The van der Waals surface area contributed by atoms with Gasteiger partial charge in [0.1, 0.15) is 17.5 Å². The van der Waals surface area contributed by atoms with Crippen molar-refractivity contribution in [2.75, 3.05) is 17.7 Å². The molecule has 4 nitrogen and oxygen atoms in total. The molecule has 0 aliphatic heterocycles. The van der Waals surface area contributed by atoms with Crippen LogP contribution in [-0.4, -0.2) is 23.1 Å². The predicted octanol–water partition coefficient (Wildman–Crippen LogP) is 1.84. The highest BCUT2D eigenvalue weighted by Gasteiger charge is 2.31. The fourth-order valence-electron chi connectivity index (χ4n) is 2.04. The minimum atomic E-state index is 0.564. The molecule has 0 amide bonds. The summed E-state index contributed by atoms with van der Waals surface area (Å²) in [6.45, 7) is 2.01. The minimum Gasteiger partial charge on any atom is -0.383 e. The van der Waals surface area contributed by atoms with Crippen molar-refractivity contribution in [3.63, 3.8) is 0 Å². The summed E-state index contributed by atoms with van der Waals surface area (Å²) in [6, 6.07) is 0.667. The van der Waals surface area contributed by atoms with Crippen LogP contribution in [0.3, 0.4) is 0 Å². The summed E-state index contributed by atoms with van der Waals surface area (Å²) in [5.41, 5.74) is 6.99. The molecule has 0 atom stereocenters.